The van der Waals surface area contributed by atoms with Crippen LogP contribution in [0.4, 0.5) is 0 Å². The molecule has 1 unspecified atom stereocenters. The molecule has 1 atom stereocenters. The van der Waals surface area contributed by atoms with E-state index >= 15 is 0 Å². The zero-order chi connectivity index (χ0) is 13.5. The molecule has 102 valence electrons. The van der Waals surface area contributed by atoms with E-state index in [0.29, 0.717) is 5.92 Å². The fourth-order valence-electron chi connectivity index (χ4n) is 3.22. The minimum atomic E-state index is 0.601. The lowest BCUT2D eigenvalue weighted by Gasteiger charge is -2.14. The molecule has 1 fully saturated rings. The monoisotopic (exact) mass is 263 g/mol. The van der Waals surface area contributed by atoms with E-state index in [1.807, 2.05) is 0 Å². The molecule has 1 N–H and O–H groups in total. The lowest BCUT2D eigenvalue weighted by molar-refractivity contribution is 0.611. The zero-order valence-electron chi connectivity index (χ0n) is 12.0. The van der Waals surface area contributed by atoms with Crippen molar-refractivity contribution in [1.29, 1.82) is 0 Å². The second-order valence-electron chi connectivity index (χ2n) is 6.33. The van der Waals surface area contributed by atoms with Crippen LogP contribution in [0.3, 0.4) is 0 Å². The van der Waals surface area contributed by atoms with E-state index in [2.05, 4.69) is 54.7 Å². The third-order valence-electron chi connectivity index (χ3n) is 4.68. The highest BCUT2D eigenvalue weighted by atomic mass is 14.9. The minimum absolute atomic E-state index is 0.601. The topological polar surface area (TPSA) is 12.0 Å². The Bertz CT molecular complexity index is 640. The molecule has 0 radical (unpaired) electrons. The van der Waals surface area contributed by atoms with Crippen LogP contribution >= 0.6 is 0 Å². The maximum absolute atomic E-state index is 3.64. The molecule has 4 rings (SSSR count). The highest BCUT2D eigenvalue weighted by Crippen LogP contribution is 2.37. The predicted molar refractivity (Wildman–Crippen MR) is 84.1 cm³/mol. The van der Waals surface area contributed by atoms with Crippen LogP contribution in [-0.4, -0.2) is 12.6 Å². The first-order valence-electron chi connectivity index (χ1n) is 7.76. The average Bonchev–Trinajstić information content (AvgIpc) is 3.23. The van der Waals surface area contributed by atoms with Gasteiger partial charge in [0.2, 0.25) is 0 Å². The van der Waals surface area contributed by atoms with Crippen molar-refractivity contribution in [1.82, 2.24) is 5.32 Å². The molecule has 2 aromatic carbocycles. The summed E-state index contributed by atoms with van der Waals surface area (Å²) in [6.45, 7) is 3.44. The molecule has 0 heterocycles. The van der Waals surface area contributed by atoms with Gasteiger partial charge in [-0.25, -0.2) is 0 Å². The van der Waals surface area contributed by atoms with Gasteiger partial charge in [-0.2, -0.15) is 0 Å². The van der Waals surface area contributed by atoms with Gasteiger partial charge in [0.15, 0.2) is 0 Å². The van der Waals surface area contributed by atoms with Gasteiger partial charge in [-0.3, -0.25) is 0 Å². The van der Waals surface area contributed by atoms with Gasteiger partial charge in [0.1, 0.15) is 0 Å². The third kappa shape index (κ3) is 2.16. The Morgan fingerprint density at radius 3 is 2.70 bits per heavy atom. The molecule has 0 spiro atoms. The number of hydrogen-bond donors (Lipinski definition) is 1. The second kappa shape index (κ2) is 4.75. The molecular weight excluding hydrogens is 242 g/mol. The van der Waals surface area contributed by atoms with Crippen molar-refractivity contribution < 1.29 is 0 Å². The van der Waals surface area contributed by atoms with E-state index in [4.69, 9.17) is 0 Å². The van der Waals surface area contributed by atoms with Gasteiger partial charge in [0.05, 0.1) is 0 Å². The van der Waals surface area contributed by atoms with Gasteiger partial charge in [0, 0.05) is 12.6 Å². The molecule has 2 aromatic rings. The number of hydrogen-bond acceptors (Lipinski definition) is 1. The first-order chi connectivity index (χ1) is 9.81. The van der Waals surface area contributed by atoms with Crippen molar-refractivity contribution in [3.05, 3.63) is 59.2 Å². The van der Waals surface area contributed by atoms with Crippen LogP contribution in [0.2, 0.25) is 0 Å². The lowest BCUT2D eigenvalue weighted by Crippen LogP contribution is -2.22. The first-order valence-corrected chi connectivity index (χ1v) is 7.76. The van der Waals surface area contributed by atoms with E-state index in [1.54, 1.807) is 0 Å². The molecule has 0 bridgehead atoms. The molecule has 1 heteroatoms. The Balaban J connectivity index is 1.58. The fraction of sp³-hybridized carbons (Fsp3) is 0.368. The Morgan fingerprint density at radius 1 is 1.05 bits per heavy atom. The molecule has 2 aliphatic rings. The van der Waals surface area contributed by atoms with Crippen molar-refractivity contribution >= 4 is 0 Å². The number of benzene rings is 2. The van der Waals surface area contributed by atoms with Crippen molar-refractivity contribution in [2.45, 2.75) is 38.1 Å². The van der Waals surface area contributed by atoms with Gasteiger partial charge >= 0.3 is 0 Å². The van der Waals surface area contributed by atoms with Crippen LogP contribution in [0.1, 0.15) is 42.4 Å². The SMILES string of the molecule is CC(CNC1CC1)c1ccc2c(c1)Cc1ccccc1-2. The lowest BCUT2D eigenvalue weighted by atomic mass is 9.96. The van der Waals surface area contributed by atoms with Crippen molar-refractivity contribution in [2.24, 2.45) is 0 Å². The van der Waals surface area contributed by atoms with Crippen LogP contribution in [0.25, 0.3) is 11.1 Å². The summed E-state index contributed by atoms with van der Waals surface area (Å²) in [7, 11) is 0. The van der Waals surface area contributed by atoms with Crippen LogP contribution in [-0.2, 0) is 6.42 Å². The van der Waals surface area contributed by atoms with Gasteiger partial charge in [0.25, 0.3) is 0 Å². The predicted octanol–water partition coefficient (Wildman–Crippen LogP) is 4.11. The average molecular weight is 263 g/mol. The smallest absolute Gasteiger partial charge is 0.00684 e. The summed E-state index contributed by atoms with van der Waals surface area (Å²) in [5, 5.41) is 3.64. The number of nitrogens with one attached hydrogen (secondary N) is 1. The molecule has 0 aliphatic heterocycles. The second-order valence-corrected chi connectivity index (χ2v) is 6.33. The molecule has 0 saturated heterocycles. The molecule has 0 aromatic heterocycles. The molecule has 20 heavy (non-hydrogen) atoms. The molecule has 1 saturated carbocycles. The summed E-state index contributed by atoms with van der Waals surface area (Å²) in [5.74, 6) is 0.601. The minimum Gasteiger partial charge on any atom is -0.313 e. The number of rotatable bonds is 4. The van der Waals surface area contributed by atoms with Crippen LogP contribution in [0, 0.1) is 0 Å². The summed E-state index contributed by atoms with van der Waals surface area (Å²) in [5.41, 5.74) is 7.32. The summed E-state index contributed by atoms with van der Waals surface area (Å²) in [6, 6.07) is 16.7. The summed E-state index contributed by atoms with van der Waals surface area (Å²) in [4.78, 5) is 0. The Morgan fingerprint density at radius 2 is 1.85 bits per heavy atom. The maximum atomic E-state index is 3.64. The first kappa shape index (κ1) is 12.2. The largest absolute Gasteiger partial charge is 0.313 e. The normalized spacial score (nSPS) is 17.6. The van der Waals surface area contributed by atoms with E-state index in [0.717, 1.165) is 19.0 Å². The van der Waals surface area contributed by atoms with Crippen molar-refractivity contribution in [3.63, 3.8) is 0 Å². The van der Waals surface area contributed by atoms with E-state index < -0.39 is 0 Å². The van der Waals surface area contributed by atoms with Crippen molar-refractivity contribution in [3.8, 4) is 11.1 Å². The van der Waals surface area contributed by atoms with E-state index in [1.165, 1.54) is 40.7 Å². The summed E-state index contributed by atoms with van der Waals surface area (Å²) < 4.78 is 0. The standard InChI is InChI=1S/C19H21N/c1-13(12-20-17-7-8-17)14-6-9-19-16(10-14)11-15-4-2-3-5-18(15)19/h2-6,9-10,13,17,20H,7-8,11-12H2,1H3. The molecule has 2 aliphatic carbocycles. The Kier molecular flexibility index (Phi) is 2.89. The Hall–Kier alpha value is -1.60. The summed E-state index contributed by atoms with van der Waals surface area (Å²) in [6.07, 6.45) is 3.83. The zero-order valence-corrected chi connectivity index (χ0v) is 12.0. The molecular formula is C19H21N. The van der Waals surface area contributed by atoms with Gasteiger partial charge in [-0.1, -0.05) is 49.4 Å². The van der Waals surface area contributed by atoms with E-state index in [-0.39, 0.29) is 0 Å². The van der Waals surface area contributed by atoms with Gasteiger partial charge in [-0.15, -0.1) is 0 Å². The Labute approximate surface area is 121 Å². The third-order valence-corrected chi connectivity index (χ3v) is 4.68. The highest BCUT2D eigenvalue weighted by Gasteiger charge is 2.22. The molecule has 1 nitrogen and oxygen atoms in total. The quantitative estimate of drug-likeness (QED) is 0.747. The highest BCUT2D eigenvalue weighted by molar-refractivity contribution is 5.77. The summed E-state index contributed by atoms with van der Waals surface area (Å²) >= 11 is 0. The maximum Gasteiger partial charge on any atom is 0.00684 e. The molecule has 0 amide bonds. The van der Waals surface area contributed by atoms with Gasteiger partial charge < -0.3 is 5.32 Å². The van der Waals surface area contributed by atoms with Crippen molar-refractivity contribution in [2.75, 3.05) is 6.54 Å². The van der Waals surface area contributed by atoms with Crippen LogP contribution < -0.4 is 5.32 Å². The van der Waals surface area contributed by atoms with Crippen LogP contribution in [0.15, 0.2) is 42.5 Å². The van der Waals surface area contributed by atoms with Gasteiger partial charge in [-0.05, 0) is 53.0 Å². The van der Waals surface area contributed by atoms with E-state index in [9.17, 15) is 0 Å². The van der Waals surface area contributed by atoms with Crippen LogP contribution in [0.5, 0.6) is 0 Å². The number of fused-ring (bicyclic) bond motifs is 3. The fourth-order valence-corrected chi connectivity index (χ4v) is 3.22.